The van der Waals surface area contributed by atoms with Crippen LogP contribution in [-0.4, -0.2) is 39.3 Å². The van der Waals surface area contributed by atoms with Gasteiger partial charge >= 0.3 is 0 Å². The van der Waals surface area contributed by atoms with Crippen LogP contribution >= 0.6 is 0 Å². The third-order valence-corrected chi connectivity index (χ3v) is 3.31. The number of rotatable bonds is 8. The molecule has 1 amide bonds. The molecule has 1 rings (SSSR count). The average Bonchev–Trinajstić information content (AvgIpc) is 2.57. The van der Waals surface area contributed by atoms with Gasteiger partial charge in [0.2, 0.25) is 6.04 Å². The molecule has 1 aromatic heterocycles. The Bertz CT molecular complexity index is 599. The molecular weight excluding hydrogens is 300 g/mol. The summed E-state index contributed by atoms with van der Waals surface area (Å²) in [5.74, 6) is -0.369. The quantitative estimate of drug-likeness (QED) is 0.329. The third kappa shape index (κ3) is 5.50. The van der Waals surface area contributed by atoms with E-state index in [9.17, 15) is 14.9 Å². The van der Waals surface area contributed by atoms with Crippen LogP contribution in [0.2, 0.25) is 0 Å². The summed E-state index contributed by atoms with van der Waals surface area (Å²) in [6.45, 7) is 3.47. The molecule has 1 atom stereocenters. The Balaban J connectivity index is 2.78. The molecule has 23 heavy (non-hydrogen) atoms. The number of nitrogens with zero attached hydrogens (tertiary/aromatic N) is 3. The number of nitro groups is 1. The molecule has 1 aromatic rings. The molecule has 2 N–H and O–H groups in total. The maximum atomic E-state index is 11.9. The molecule has 0 spiro atoms. The Morgan fingerprint density at radius 3 is 2.78 bits per heavy atom. The molecule has 124 valence electrons. The van der Waals surface area contributed by atoms with Crippen LogP contribution in [0.25, 0.3) is 0 Å². The van der Waals surface area contributed by atoms with Crippen LogP contribution in [0, 0.1) is 10.1 Å². The maximum absolute atomic E-state index is 11.9. The highest BCUT2D eigenvalue weighted by Crippen LogP contribution is 2.14. The summed E-state index contributed by atoms with van der Waals surface area (Å²) in [6.07, 6.45) is 5.22. The number of pyridine rings is 1. The lowest BCUT2D eigenvalue weighted by Gasteiger charge is -2.11. The average molecular weight is 320 g/mol. The van der Waals surface area contributed by atoms with Crippen molar-refractivity contribution >= 4 is 11.6 Å². The molecule has 0 fully saturated rings. The van der Waals surface area contributed by atoms with Gasteiger partial charge in [-0.2, -0.15) is 0 Å². The number of carbonyl (C=O) groups excluding carboxylic acids is 1. The second kappa shape index (κ2) is 9.29. The molecule has 1 heterocycles. The third-order valence-electron chi connectivity index (χ3n) is 3.31. The number of amides is 1. The predicted octanol–water partition coefficient (Wildman–Crippen LogP) is 2.03. The van der Waals surface area contributed by atoms with Crippen molar-refractivity contribution in [2.24, 2.45) is 5.16 Å². The lowest BCUT2D eigenvalue weighted by Crippen LogP contribution is -2.30. The van der Waals surface area contributed by atoms with Crippen LogP contribution in [0.5, 0.6) is 0 Å². The maximum Gasteiger partial charge on any atom is 0.253 e. The molecule has 0 aliphatic rings. The standard InChI is InChI=1S/C15H20N4O4/c1-3-11(14(4-2)19(22)23)8-13(18-21)10-17-15(20)12-6-5-7-16-9-12/h5-9,14,21H,3-4,10H2,1-2H3,(H,17,20)/b11-8+,18-13-. The predicted molar refractivity (Wildman–Crippen MR) is 85.2 cm³/mol. The van der Waals surface area contributed by atoms with Gasteiger partial charge in [-0.3, -0.25) is 19.9 Å². The Hall–Kier alpha value is -2.77. The molecule has 0 aromatic carbocycles. The smallest absolute Gasteiger partial charge is 0.253 e. The van der Waals surface area contributed by atoms with E-state index in [4.69, 9.17) is 5.21 Å². The van der Waals surface area contributed by atoms with Gasteiger partial charge in [-0.25, -0.2) is 0 Å². The number of aromatic nitrogens is 1. The second-order valence-electron chi connectivity index (χ2n) is 4.80. The zero-order valence-corrected chi connectivity index (χ0v) is 13.1. The second-order valence-corrected chi connectivity index (χ2v) is 4.80. The van der Waals surface area contributed by atoms with Crippen LogP contribution in [0.4, 0.5) is 0 Å². The van der Waals surface area contributed by atoms with Crippen LogP contribution in [0.3, 0.4) is 0 Å². The lowest BCUT2D eigenvalue weighted by atomic mass is 10.0. The molecule has 1 unspecified atom stereocenters. The number of carbonyl (C=O) groups is 1. The van der Waals surface area contributed by atoms with E-state index >= 15 is 0 Å². The monoisotopic (exact) mass is 320 g/mol. The van der Waals surface area contributed by atoms with E-state index < -0.39 is 6.04 Å². The minimum atomic E-state index is -0.828. The van der Waals surface area contributed by atoms with E-state index in [0.29, 0.717) is 24.0 Å². The highest BCUT2D eigenvalue weighted by atomic mass is 16.6. The zero-order chi connectivity index (χ0) is 17.2. The van der Waals surface area contributed by atoms with Gasteiger partial charge in [0.25, 0.3) is 5.91 Å². The summed E-state index contributed by atoms with van der Waals surface area (Å²) in [5, 5.41) is 25.8. The minimum absolute atomic E-state index is 0.0398. The lowest BCUT2D eigenvalue weighted by molar-refractivity contribution is -0.512. The van der Waals surface area contributed by atoms with E-state index in [0.717, 1.165) is 0 Å². The van der Waals surface area contributed by atoms with Crippen molar-refractivity contribution in [3.63, 3.8) is 0 Å². The normalized spacial score (nSPS) is 13.5. The largest absolute Gasteiger partial charge is 0.411 e. The fourth-order valence-electron chi connectivity index (χ4n) is 2.08. The van der Waals surface area contributed by atoms with E-state index in [1.807, 2.05) is 0 Å². The Morgan fingerprint density at radius 2 is 2.30 bits per heavy atom. The molecule has 0 bridgehead atoms. The van der Waals surface area contributed by atoms with Crippen molar-refractivity contribution in [3.05, 3.63) is 51.9 Å². The van der Waals surface area contributed by atoms with Crippen molar-refractivity contribution in [2.45, 2.75) is 32.7 Å². The first-order valence-corrected chi connectivity index (χ1v) is 7.26. The highest BCUT2D eigenvalue weighted by Gasteiger charge is 2.22. The molecule has 0 saturated heterocycles. The fourth-order valence-corrected chi connectivity index (χ4v) is 2.08. The van der Waals surface area contributed by atoms with E-state index in [1.165, 1.54) is 12.3 Å². The first-order valence-electron chi connectivity index (χ1n) is 7.26. The Morgan fingerprint density at radius 1 is 1.57 bits per heavy atom. The summed E-state index contributed by atoms with van der Waals surface area (Å²) in [4.78, 5) is 26.4. The first-order chi connectivity index (χ1) is 11.0. The number of hydrogen-bond acceptors (Lipinski definition) is 6. The van der Waals surface area contributed by atoms with Crippen molar-refractivity contribution in [1.29, 1.82) is 0 Å². The van der Waals surface area contributed by atoms with E-state index in [1.54, 1.807) is 32.2 Å². The van der Waals surface area contributed by atoms with Crippen LogP contribution in [0.1, 0.15) is 37.0 Å². The van der Waals surface area contributed by atoms with Gasteiger partial charge in [0, 0.05) is 29.3 Å². The summed E-state index contributed by atoms with van der Waals surface area (Å²) >= 11 is 0. The first kappa shape index (κ1) is 18.3. The molecule has 8 heteroatoms. The van der Waals surface area contributed by atoms with Crippen LogP contribution < -0.4 is 5.32 Å². The molecule has 0 aliphatic heterocycles. The van der Waals surface area contributed by atoms with Crippen LogP contribution in [0.15, 0.2) is 41.3 Å². The van der Waals surface area contributed by atoms with Gasteiger partial charge in [0.05, 0.1) is 17.8 Å². The number of hydrogen-bond donors (Lipinski definition) is 2. The molecule has 8 nitrogen and oxygen atoms in total. The summed E-state index contributed by atoms with van der Waals surface area (Å²) < 4.78 is 0. The number of oxime groups is 1. The van der Waals surface area contributed by atoms with E-state index in [-0.39, 0.29) is 23.1 Å². The van der Waals surface area contributed by atoms with Gasteiger partial charge in [0.15, 0.2) is 0 Å². The fraction of sp³-hybridized carbons (Fsp3) is 0.400. The summed E-state index contributed by atoms with van der Waals surface area (Å²) in [7, 11) is 0. The molecule has 0 radical (unpaired) electrons. The van der Waals surface area contributed by atoms with Crippen molar-refractivity contribution < 1.29 is 14.9 Å². The SMILES string of the molecule is CC/C(=C\C(CNC(=O)c1cccnc1)=N\O)C(CC)[N+](=O)[O-]. The number of nitrogens with one attached hydrogen (secondary N) is 1. The highest BCUT2D eigenvalue weighted by molar-refractivity contribution is 6.01. The van der Waals surface area contributed by atoms with Gasteiger partial charge in [-0.1, -0.05) is 19.0 Å². The van der Waals surface area contributed by atoms with Gasteiger partial charge in [-0.15, -0.1) is 0 Å². The van der Waals surface area contributed by atoms with Crippen molar-refractivity contribution in [1.82, 2.24) is 10.3 Å². The Labute approximate surface area is 134 Å². The molecule has 0 saturated carbocycles. The zero-order valence-electron chi connectivity index (χ0n) is 13.1. The molecular formula is C15H20N4O4. The van der Waals surface area contributed by atoms with E-state index in [2.05, 4.69) is 15.5 Å². The van der Waals surface area contributed by atoms with Crippen LogP contribution in [-0.2, 0) is 0 Å². The minimum Gasteiger partial charge on any atom is -0.411 e. The summed E-state index contributed by atoms with van der Waals surface area (Å²) in [5.41, 5.74) is 1.07. The topological polar surface area (TPSA) is 118 Å². The van der Waals surface area contributed by atoms with Gasteiger partial charge in [0.1, 0.15) is 0 Å². The molecule has 0 aliphatic carbocycles. The van der Waals surface area contributed by atoms with Gasteiger partial charge < -0.3 is 10.5 Å². The summed E-state index contributed by atoms with van der Waals surface area (Å²) in [6, 6.07) is 2.41. The van der Waals surface area contributed by atoms with Gasteiger partial charge in [-0.05, 0) is 24.6 Å². The van der Waals surface area contributed by atoms with Crippen molar-refractivity contribution in [2.75, 3.05) is 6.54 Å². The van der Waals surface area contributed by atoms with Crippen molar-refractivity contribution in [3.8, 4) is 0 Å². The Kier molecular flexibility index (Phi) is 7.38.